The monoisotopic (exact) mass is 337 g/mol. The van der Waals surface area contributed by atoms with Crippen LogP contribution in [0.2, 0.25) is 0 Å². The number of anilines is 3. The predicted molar refractivity (Wildman–Crippen MR) is 101 cm³/mol. The van der Waals surface area contributed by atoms with Gasteiger partial charge in [-0.2, -0.15) is 0 Å². The predicted octanol–water partition coefficient (Wildman–Crippen LogP) is 3.41. The maximum Gasteiger partial charge on any atom is 0.223 e. The lowest BCUT2D eigenvalue weighted by molar-refractivity contribution is -0.116. The molecule has 130 valence electrons. The van der Waals surface area contributed by atoms with Crippen molar-refractivity contribution in [2.24, 2.45) is 0 Å². The summed E-state index contributed by atoms with van der Waals surface area (Å²) in [4.78, 5) is 27.4. The fraction of sp³-hybridized carbons (Fsp3) is 0.300. The SMILES string of the molecule is CC(=O)Nc1cccc(CN2CCCN(C(C)=O)c3ccccc32)c1. The Morgan fingerprint density at radius 3 is 2.48 bits per heavy atom. The highest BCUT2D eigenvalue weighted by atomic mass is 16.2. The van der Waals surface area contributed by atoms with Crippen molar-refractivity contribution < 1.29 is 9.59 Å². The van der Waals surface area contributed by atoms with Crippen LogP contribution in [0.25, 0.3) is 0 Å². The summed E-state index contributed by atoms with van der Waals surface area (Å²) in [6, 6.07) is 15.9. The summed E-state index contributed by atoms with van der Waals surface area (Å²) >= 11 is 0. The van der Waals surface area contributed by atoms with Gasteiger partial charge in [-0.15, -0.1) is 0 Å². The molecule has 2 aromatic carbocycles. The van der Waals surface area contributed by atoms with Crippen LogP contribution in [0.15, 0.2) is 48.5 Å². The van der Waals surface area contributed by atoms with E-state index in [0.29, 0.717) is 0 Å². The molecule has 0 spiro atoms. The molecule has 0 bridgehead atoms. The smallest absolute Gasteiger partial charge is 0.223 e. The summed E-state index contributed by atoms with van der Waals surface area (Å²) in [5, 5.41) is 2.83. The molecular formula is C20H23N3O2. The molecular weight excluding hydrogens is 314 g/mol. The van der Waals surface area contributed by atoms with E-state index in [4.69, 9.17) is 0 Å². The summed E-state index contributed by atoms with van der Waals surface area (Å²) in [6.07, 6.45) is 0.916. The van der Waals surface area contributed by atoms with Crippen molar-refractivity contribution in [3.63, 3.8) is 0 Å². The van der Waals surface area contributed by atoms with Crippen LogP contribution >= 0.6 is 0 Å². The van der Waals surface area contributed by atoms with Gasteiger partial charge in [0.15, 0.2) is 0 Å². The van der Waals surface area contributed by atoms with Gasteiger partial charge in [0, 0.05) is 39.2 Å². The zero-order valence-corrected chi connectivity index (χ0v) is 14.7. The lowest BCUT2D eigenvalue weighted by Crippen LogP contribution is -2.28. The van der Waals surface area contributed by atoms with Gasteiger partial charge in [0.05, 0.1) is 11.4 Å². The van der Waals surface area contributed by atoms with Gasteiger partial charge >= 0.3 is 0 Å². The van der Waals surface area contributed by atoms with Crippen LogP contribution in [-0.4, -0.2) is 24.9 Å². The molecule has 2 amide bonds. The number of carbonyl (C=O) groups is 2. The molecule has 1 aliphatic heterocycles. The van der Waals surface area contributed by atoms with Crippen LogP contribution in [0.5, 0.6) is 0 Å². The first-order valence-corrected chi connectivity index (χ1v) is 8.53. The first-order valence-electron chi connectivity index (χ1n) is 8.53. The van der Waals surface area contributed by atoms with E-state index in [0.717, 1.165) is 48.7 Å². The number of benzene rings is 2. The first-order chi connectivity index (χ1) is 12.0. The van der Waals surface area contributed by atoms with Crippen molar-refractivity contribution in [3.8, 4) is 0 Å². The second-order valence-electron chi connectivity index (χ2n) is 6.32. The highest BCUT2D eigenvalue weighted by Gasteiger charge is 2.22. The van der Waals surface area contributed by atoms with E-state index in [1.54, 1.807) is 6.92 Å². The van der Waals surface area contributed by atoms with Gasteiger partial charge < -0.3 is 15.1 Å². The zero-order chi connectivity index (χ0) is 17.8. The fourth-order valence-corrected chi connectivity index (χ4v) is 3.28. The lowest BCUT2D eigenvalue weighted by atomic mass is 10.1. The second-order valence-corrected chi connectivity index (χ2v) is 6.32. The summed E-state index contributed by atoms with van der Waals surface area (Å²) in [5.74, 6) is -0.00340. The van der Waals surface area contributed by atoms with Gasteiger partial charge in [0.25, 0.3) is 0 Å². The molecule has 0 saturated carbocycles. The van der Waals surface area contributed by atoms with E-state index < -0.39 is 0 Å². The van der Waals surface area contributed by atoms with Crippen molar-refractivity contribution >= 4 is 28.9 Å². The van der Waals surface area contributed by atoms with Gasteiger partial charge in [-0.25, -0.2) is 0 Å². The number of rotatable bonds is 3. The zero-order valence-electron chi connectivity index (χ0n) is 14.7. The Labute approximate surface area is 148 Å². The molecule has 0 saturated heterocycles. The van der Waals surface area contributed by atoms with Gasteiger partial charge in [-0.1, -0.05) is 24.3 Å². The molecule has 5 heteroatoms. The molecule has 0 unspecified atom stereocenters. The Bertz CT molecular complexity index is 788. The molecule has 25 heavy (non-hydrogen) atoms. The molecule has 1 aliphatic rings. The summed E-state index contributed by atoms with van der Waals surface area (Å²) in [6.45, 7) is 5.47. The van der Waals surface area contributed by atoms with Crippen molar-refractivity contribution in [2.75, 3.05) is 28.2 Å². The average molecular weight is 337 g/mol. The van der Waals surface area contributed by atoms with E-state index in [9.17, 15) is 9.59 Å². The molecule has 3 rings (SSSR count). The van der Waals surface area contributed by atoms with Gasteiger partial charge in [0.1, 0.15) is 0 Å². The van der Waals surface area contributed by atoms with Crippen molar-refractivity contribution in [1.82, 2.24) is 0 Å². The Kier molecular flexibility index (Phi) is 5.03. The highest BCUT2D eigenvalue weighted by Crippen LogP contribution is 2.33. The molecule has 5 nitrogen and oxygen atoms in total. The largest absolute Gasteiger partial charge is 0.365 e. The van der Waals surface area contributed by atoms with Gasteiger partial charge in [0.2, 0.25) is 11.8 Å². The average Bonchev–Trinajstić information content (AvgIpc) is 2.75. The van der Waals surface area contributed by atoms with Gasteiger partial charge in [-0.05, 0) is 36.2 Å². The standard InChI is InChI=1S/C20H23N3O2/c1-15(24)21-18-8-5-7-17(13-18)14-22-11-6-12-23(16(2)25)20-10-4-3-9-19(20)22/h3-5,7-10,13H,6,11-12,14H2,1-2H3,(H,21,24). The molecule has 0 aromatic heterocycles. The number of carbonyl (C=O) groups excluding carboxylic acids is 2. The summed E-state index contributed by atoms with van der Waals surface area (Å²) in [5.41, 5.74) is 3.96. The normalized spacial score (nSPS) is 13.8. The molecule has 0 fully saturated rings. The molecule has 0 radical (unpaired) electrons. The number of nitrogens with one attached hydrogen (secondary N) is 1. The third-order valence-electron chi connectivity index (χ3n) is 4.32. The van der Waals surface area contributed by atoms with Crippen LogP contribution < -0.4 is 15.1 Å². The molecule has 0 aliphatic carbocycles. The van der Waals surface area contributed by atoms with Crippen LogP contribution in [0, 0.1) is 0 Å². The van der Waals surface area contributed by atoms with Crippen LogP contribution in [-0.2, 0) is 16.1 Å². The highest BCUT2D eigenvalue weighted by molar-refractivity contribution is 5.95. The lowest BCUT2D eigenvalue weighted by Gasteiger charge is -2.26. The molecule has 2 aromatic rings. The Hall–Kier alpha value is -2.82. The minimum Gasteiger partial charge on any atom is -0.365 e. The number of para-hydroxylation sites is 2. The first kappa shape index (κ1) is 17.0. The van der Waals surface area contributed by atoms with E-state index in [1.807, 2.05) is 41.3 Å². The number of hydrogen-bond acceptors (Lipinski definition) is 3. The molecule has 0 atom stereocenters. The number of fused-ring (bicyclic) bond motifs is 1. The summed E-state index contributed by atoms with van der Waals surface area (Å²) in [7, 11) is 0. The maximum atomic E-state index is 12.0. The van der Waals surface area contributed by atoms with Crippen molar-refractivity contribution in [2.45, 2.75) is 26.8 Å². The number of nitrogens with zero attached hydrogens (tertiary/aromatic N) is 2. The minimum absolute atomic E-state index is 0.0713. The number of amides is 2. The van der Waals surface area contributed by atoms with Crippen molar-refractivity contribution in [1.29, 1.82) is 0 Å². The molecule has 1 N–H and O–H groups in total. The Morgan fingerprint density at radius 2 is 1.76 bits per heavy atom. The van der Waals surface area contributed by atoms with Gasteiger partial charge in [-0.3, -0.25) is 9.59 Å². The minimum atomic E-state index is -0.0747. The van der Waals surface area contributed by atoms with Crippen LogP contribution in [0.3, 0.4) is 0 Å². The Morgan fingerprint density at radius 1 is 1.00 bits per heavy atom. The van der Waals surface area contributed by atoms with Crippen molar-refractivity contribution in [3.05, 3.63) is 54.1 Å². The quantitative estimate of drug-likeness (QED) is 0.934. The fourth-order valence-electron chi connectivity index (χ4n) is 3.28. The van der Waals surface area contributed by atoms with Crippen LogP contribution in [0.1, 0.15) is 25.8 Å². The third kappa shape index (κ3) is 3.99. The van der Waals surface area contributed by atoms with E-state index >= 15 is 0 Å². The van der Waals surface area contributed by atoms with Crippen LogP contribution in [0.4, 0.5) is 17.1 Å². The van der Waals surface area contributed by atoms with E-state index in [1.165, 1.54) is 6.92 Å². The summed E-state index contributed by atoms with van der Waals surface area (Å²) < 4.78 is 0. The molecule has 1 heterocycles. The third-order valence-corrected chi connectivity index (χ3v) is 4.32. The van der Waals surface area contributed by atoms with E-state index in [-0.39, 0.29) is 11.8 Å². The van der Waals surface area contributed by atoms with E-state index in [2.05, 4.69) is 22.3 Å². The maximum absolute atomic E-state index is 12.0. The second kappa shape index (κ2) is 7.38. The topological polar surface area (TPSA) is 52.7 Å². The number of hydrogen-bond donors (Lipinski definition) is 1. The Balaban J connectivity index is 1.88.